The van der Waals surface area contributed by atoms with Crippen LogP contribution in [0.25, 0.3) is 0 Å². The fourth-order valence-corrected chi connectivity index (χ4v) is 3.52. The maximum absolute atomic E-state index is 5.60. The molecule has 11 heteroatoms. The minimum absolute atomic E-state index is 0.225. The molecule has 192 valence electrons. The summed E-state index contributed by atoms with van der Waals surface area (Å²) in [5, 5.41) is 9.78. The van der Waals surface area contributed by atoms with Crippen LogP contribution in [0.3, 0.4) is 0 Å². The first-order valence-electron chi connectivity index (χ1n) is 12.1. The molecule has 1 aliphatic heterocycles. The van der Waals surface area contributed by atoms with E-state index < -0.39 is 0 Å². The van der Waals surface area contributed by atoms with Gasteiger partial charge < -0.3 is 40.6 Å². The quantitative estimate of drug-likeness (QED) is 0.218. The molecule has 0 radical (unpaired) electrons. The summed E-state index contributed by atoms with van der Waals surface area (Å²) in [6.07, 6.45) is 0.853. The zero-order chi connectivity index (χ0) is 24.8. The van der Waals surface area contributed by atoms with Gasteiger partial charge in [0, 0.05) is 31.7 Å². The van der Waals surface area contributed by atoms with Gasteiger partial charge in [-0.15, -0.1) is 0 Å². The van der Waals surface area contributed by atoms with Gasteiger partial charge in [0.1, 0.15) is 0 Å². The molecule has 0 saturated carbocycles. The van der Waals surface area contributed by atoms with Gasteiger partial charge in [-0.05, 0) is 18.1 Å². The second kappa shape index (κ2) is 14.0. The van der Waals surface area contributed by atoms with E-state index >= 15 is 0 Å². The summed E-state index contributed by atoms with van der Waals surface area (Å²) in [6, 6.07) is 16.1. The Hall–Kier alpha value is -3.67. The number of fused-ring (bicyclic) bond motifs is 1. The third-order valence-corrected chi connectivity index (χ3v) is 5.25. The number of nitrogens with one attached hydrogen (secondary N) is 3. The molecule has 2 aromatic carbocycles. The number of hydrogen-bond donors (Lipinski definition) is 4. The number of aromatic nitrogens is 3. The van der Waals surface area contributed by atoms with Crippen LogP contribution in [0.5, 0.6) is 11.5 Å². The minimum Gasteiger partial charge on any atom is -0.454 e. The molecular weight excluding hydrogens is 462 g/mol. The van der Waals surface area contributed by atoms with Crippen molar-refractivity contribution in [2.24, 2.45) is 5.73 Å². The highest BCUT2D eigenvalue weighted by atomic mass is 16.7. The molecule has 0 saturated heterocycles. The van der Waals surface area contributed by atoms with Crippen molar-refractivity contribution in [3.05, 3.63) is 59.7 Å². The van der Waals surface area contributed by atoms with E-state index in [1.165, 1.54) is 5.56 Å². The number of hydrogen-bond acceptors (Lipinski definition) is 11. The van der Waals surface area contributed by atoms with Crippen molar-refractivity contribution in [2.45, 2.75) is 13.0 Å². The van der Waals surface area contributed by atoms with E-state index in [4.69, 9.17) is 24.7 Å². The summed E-state index contributed by atoms with van der Waals surface area (Å²) < 4.78 is 21.9. The minimum atomic E-state index is 0.225. The molecule has 0 spiro atoms. The molecule has 1 aliphatic rings. The lowest BCUT2D eigenvalue weighted by Crippen LogP contribution is -2.17. The number of nitrogens with two attached hydrogens (primary N) is 1. The van der Waals surface area contributed by atoms with Crippen LogP contribution in [0.1, 0.15) is 11.1 Å². The van der Waals surface area contributed by atoms with Crippen LogP contribution in [-0.2, 0) is 22.4 Å². The average Bonchev–Trinajstić information content (AvgIpc) is 3.39. The maximum atomic E-state index is 5.60. The zero-order valence-electron chi connectivity index (χ0n) is 20.2. The summed E-state index contributed by atoms with van der Waals surface area (Å²) in [4.78, 5) is 13.6. The standard InChI is InChI=1S/C25H33N7O4/c26-10-13-33-15-16-34-14-12-28-24-30-23(27-11-9-19-5-2-1-3-6-19)31-25(32-24)29-17-20-7-4-8-21-22(20)36-18-35-21/h1-8H,9-18,26H2,(H3,27,28,29,30,31,32). The van der Waals surface area contributed by atoms with E-state index in [0.717, 1.165) is 23.5 Å². The zero-order valence-corrected chi connectivity index (χ0v) is 20.2. The van der Waals surface area contributed by atoms with Gasteiger partial charge in [0.25, 0.3) is 0 Å². The summed E-state index contributed by atoms with van der Waals surface area (Å²) in [7, 11) is 0. The molecule has 0 unspecified atom stereocenters. The van der Waals surface area contributed by atoms with Crippen LogP contribution in [-0.4, -0.2) is 67.8 Å². The van der Waals surface area contributed by atoms with Gasteiger partial charge in [-0.3, -0.25) is 0 Å². The summed E-state index contributed by atoms with van der Waals surface area (Å²) in [5.41, 5.74) is 7.60. The normalized spacial score (nSPS) is 11.9. The third-order valence-electron chi connectivity index (χ3n) is 5.25. The van der Waals surface area contributed by atoms with Crippen LogP contribution in [0.2, 0.25) is 0 Å². The average molecular weight is 496 g/mol. The van der Waals surface area contributed by atoms with E-state index in [-0.39, 0.29) is 6.79 Å². The lowest BCUT2D eigenvalue weighted by molar-refractivity contribution is 0.0547. The SMILES string of the molecule is NCCOCCOCCNc1nc(NCCc2ccccc2)nc(NCc2cccc3c2OCO3)n1. The molecule has 0 fully saturated rings. The highest BCUT2D eigenvalue weighted by Gasteiger charge is 2.17. The number of para-hydroxylation sites is 1. The van der Waals surface area contributed by atoms with Crippen LogP contribution < -0.4 is 31.2 Å². The Bertz CT molecular complexity index is 1070. The number of rotatable bonds is 16. The van der Waals surface area contributed by atoms with E-state index in [9.17, 15) is 0 Å². The molecule has 3 aromatic rings. The molecule has 2 heterocycles. The topological polar surface area (TPSA) is 138 Å². The van der Waals surface area contributed by atoms with Crippen molar-refractivity contribution in [1.29, 1.82) is 0 Å². The summed E-state index contributed by atoms with van der Waals surface area (Å²) in [5.74, 6) is 2.87. The molecule has 0 aliphatic carbocycles. The second-order valence-corrected chi connectivity index (χ2v) is 7.91. The van der Waals surface area contributed by atoms with Gasteiger partial charge in [0.15, 0.2) is 11.5 Å². The first kappa shape index (κ1) is 25.4. The first-order valence-corrected chi connectivity index (χ1v) is 12.1. The fourth-order valence-electron chi connectivity index (χ4n) is 3.52. The monoisotopic (exact) mass is 495 g/mol. The van der Waals surface area contributed by atoms with Crippen LogP contribution in [0.4, 0.5) is 17.8 Å². The Morgan fingerprint density at radius 1 is 0.750 bits per heavy atom. The second-order valence-electron chi connectivity index (χ2n) is 7.91. The van der Waals surface area contributed by atoms with Gasteiger partial charge >= 0.3 is 0 Å². The molecule has 11 nitrogen and oxygen atoms in total. The Kier molecular flexibility index (Phi) is 9.91. The van der Waals surface area contributed by atoms with E-state index in [0.29, 0.717) is 70.5 Å². The lowest BCUT2D eigenvalue weighted by atomic mass is 10.1. The van der Waals surface area contributed by atoms with Crippen molar-refractivity contribution in [3.8, 4) is 11.5 Å². The molecule has 0 amide bonds. The number of nitrogens with zero attached hydrogens (tertiary/aromatic N) is 3. The van der Waals surface area contributed by atoms with Crippen molar-refractivity contribution < 1.29 is 18.9 Å². The van der Waals surface area contributed by atoms with E-state index in [1.54, 1.807) is 0 Å². The highest BCUT2D eigenvalue weighted by Crippen LogP contribution is 2.35. The third kappa shape index (κ3) is 7.94. The van der Waals surface area contributed by atoms with Crippen molar-refractivity contribution in [3.63, 3.8) is 0 Å². The van der Waals surface area contributed by atoms with Gasteiger partial charge in [0.05, 0.1) is 26.4 Å². The molecular formula is C25H33N7O4. The predicted octanol–water partition coefficient (Wildman–Crippen LogP) is 2.27. The van der Waals surface area contributed by atoms with Crippen LogP contribution >= 0.6 is 0 Å². The molecule has 0 atom stereocenters. The smallest absolute Gasteiger partial charge is 0.231 e. The number of ether oxygens (including phenoxy) is 4. The van der Waals surface area contributed by atoms with Crippen molar-refractivity contribution in [2.75, 3.05) is 68.8 Å². The van der Waals surface area contributed by atoms with Gasteiger partial charge in [-0.1, -0.05) is 42.5 Å². The summed E-state index contributed by atoms with van der Waals surface area (Å²) in [6.45, 7) is 4.49. The number of benzene rings is 2. The van der Waals surface area contributed by atoms with E-state index in [2.05, 4.69) is 43.0 Å². The molecule has 36 heavy (non-hydrogen) atoms. The van der Waals surface area contributed by atoms with Crippen molar-refractivity contribution >= 4 is 17.8 Å². The van der Waals surface area contributed by atoms with Gasteiger partial charge in [-0.2, -0.15) is 15.0 Å². The molecule has 1 aromatic heterocycles. The lowest BCUT2D eigenvalue weighted by Gasteiger charge is -2.12. The molecule has 0 bridgehead atoms. The van der Waals surface area contributed by atoms with Crippen LogP contribution in [0.15, 0.2) is 48.5 Å². The van der Waals surface area contributed by atoms with Gasteiger partial charge in [-0.25, -0.2) is 0 Å². The first-order chi connectivity index (χ1) is 17.8. The van der Waals surface area contributed by atoms with Crippen molar-refractivity contribution in [1.82, 2.24) is 15.0 Å². The van der Waals surface area contributed by atoms with E-state index in [1.807, 2.05) is 36.4 Å². The number of anilines is 3. The largest absolute Gasteiger partial charge is 0.454 e. The molecule has 5 N–H and O–H groups in total. The van der Waals surface area contributed by atoms with Crippen LogP contribution in [0, 0.1) is 0 Å². The Morgan fingerprint density at radius 3 is 2.25 bits per heavy atom. The fraction of sp³-hybridized carbons (Fsp3) is 0.400. The summed E-state index contributed by atoms with van der Waals surface area (Å²) >= 11 is 0. The maximum Gasteiger partial charge on any atom is 0.231 e. The Labute approximate surface area is 210 Å². The Balaban J connectivity index is 1.34. The predicted molar refractivity (Wildman–Crippen MR) is 138 cm³/mol. The highest BCUT2D eigenvalue weighted by molar-refractivity contribution is 5.50. The van der Waals surface area contributed by atoms with Gasteiger partial charge in [0.2, 0.25) is 24.6 Å². The Morgan fingerprint density at radius 2 is 1.47 bits per heavy atom. The molecule has 4 rings (SSSR count).